The lowest BCUT2D eigenvalue weighted by molar-refractivity contribution is 0.207. The summed E-state index contributed by atoms with van der Waals surface area (Å²) in [5.41, 5.74) is 2.87. The molecule has 0 bridgehead atoms. The summed E-state index contributed by atoms with van der Waals surface area (Å²) in [4.78, 5) is 25.4. The zero-order chi connectivity index (χ0) is 19.5. The van der Waals surface area contributed by atoms with E-state index in [4.69, 9.17) is 0 Å². The number of piperazine rings is 1. The Morgan fingerprint density at radius 1 is 1.00 bits per heavy atom. The minimum Gasteiger partial charge on any atom is -0.337 e. The van der Waals surface area contributed by atoms with Gasteiger partial charge in [-0.15, -0.1) is 0 Å². The van der Waals surface area contributed by atoms with Gasteiger partial charge in [0.1, 0.15) is 5.82 Å². The number of anilines is 2. The first-order valence-corrected chi connectivity index (χ1v) is 9.30. The number of hydrogen-bond donors (Lipinski definition) is 1. The molecule has 28 heavy (non-hydrogen) atoms. The van der Waals surface area contributed by atoms with Crippen LogP contribution in [0.1, 0.15) is 5.69 Å². The highest BCUT2D eigenvalue weighted by Crippen LogP contribution is 2.31. The number of nitrogens with one attached hydrogen (secondary N) is 1. The van der Waals surface area contributed by atoms with Crippen LogP contribution in [-0.4, -0.2) is 56.9 Å². The first-order chi connectivity index (χ1) is 13.6. The first-order valence-electron chi connectivity index (χ1n) is 9.30. The molecule has 0 atom stereocenters. The van der Waals surface area contributed by atoms with E-state index >= 15 is 0 Å². The summed E-state index contributed by atoms with van der Waals surface area (Å²) in [5.74, 6) is 1.42. The Bertz CT molecular complexity index is 947. The topological polar surface area (TPSA) is 79.2 Å². The number of aryl methyl sites for hydroxylation is 2. The Balaban J connectivity index is 1.47. The molecule has 2 amide bonds. The molecule has 8 nitrogen and oxygen atoms in total. The number of rotatable bonds is 3. The minimum absolute atomic E-state index is 0.117. The highest BCUT2D eigenvalue weighted by Gasteiger charge is 2.24. The van der Waals surface area contributed by atoms with E-state index in [0.29, 0.717) is 37.9 Å². The number of carbonyl (C=O) groups is 1. The number of hydrogen-bond acceptors (Lipinski definition) is 5. The van der Waals surface area contributed by atoms with Crippen molar-refractivity contribution in [3.63, 3.8) is 0 Å². The molecule has 4 rings (SSSR count). The van der Waals surface area contributed by atoms with Crippen LogP contribution in [0.2, 0.25) is 0 Å². The van der Waals surface area contributed by atoms with Gasteiger partial charge < -0.3 is 9.80 Å². The standard InChI is InChI=1S/C20H23N7O/c1-15-17(16-7-4-3-5-8-16)18(25(2)24-15)23-20(28)27-13-11-26(12-14-27)19-21-9-6-10-22-19/h3-10H,11-14H2,1-2H3,(H,23,28). The van der Waals surface area contributed by atoms with Crippen LogP contribution < -0.4 is 10.2 Å². The van der Waals surface area contributed by atoms with Gasteiger partial charge in [0.2, 0.25) is 5.95 Å². The summed E-state index contributed by atoms with van der Waals surface area (Å²) < 4.78 is 1.73. The van der Waals surface area contributed by atoms with Gasteiger partial charge in [-0.1, -0.05) is 30.3 Å². The molecule has 0 radical (unpaired) electrons. The molecule has 1 fully saturated rings. The number of amides is 2. The van der Waals surface area contributed by atoms with Gasteiger partial charge in [0.25, 0.3) is 0 Å². The van der Waals surface area contributed by atoms with Gasteiger partial charge in [-0.3, -0.25) is 10.00 Å². The number of carbonyl (C=O) groups excluding carboxylic acids is 1. The molecular formula is C20H23N7O. The maximum atomic E-state index is 12.9. The van der Waals surface area contributed by atoms with E-state index in [1.54, 1.807) is 23.1 Å². The fourth-order valence-electron chi connectivity index (χ4n) is 3.50. The largest absolute Gasteiger partial charge is 0.337 e. The molecule has 0 aliphatic carbocycles. The summed E-state index contributed by atoms with van der Waals surface area (Å²) >= 11 is 0. The van der Waals surface area contributed by atoms with Crippen LogP contribution in [0.25, 0.3) is 11.1 Å². The highest BCUT2D eigenvalue weighted by molar-refractivity contribution is 5.94. The van der Waals surface area contributed by atoms with E-state index in [0.717, 1.165) is 16.8 Å². The molecule has 3 aromatic rings. The molecular weight excluding hydrogens is 354 g/mol. The molecule has 144 valence electrons. The lowest BCUT2D eigenvalue weighted by Gasteiger charge is -2.34. The van der Waals surface area contributed by atoms with Crippen molar-refractivity contribution in [1.29, 1.82) is 0 Å². The van der Waals surface area contributed by atoms with E-state index in [9.17, 15) is 4.79 Å². The molecule has 0 unspecified atom stereocenters. The van der Waals surface area contributed by atoms with Crippen LogP contribution in [0.3, 0.4) is 0 Å². The average molecular weight is 377 g/mol. The zero-order valence-corrected chi connectivity index (χ0v) is 16.0. The van der Waals surface area contributed by atoms with Crippen LogP contribution in [-0.2, 0) is 7.05 Å². The van der Waals surface area contributed by atoms with Gasteiger partial charge in [0.15, 0.2) is 0 Å². The molecule has 1 saturated heterocycles. The second kappa shape index (κ2) is 7.67. The van der Waals surface area contributed by atoms with E-state index < -0.39 is 0 Å². The lowest BCUT2D eigenvalue weighted by atomic mass is 10.1. The van der Waals surface area contributed by atoms with E-state index in [2.05, 4.69) is 25.3 Å². The fraction of sp³-hybridized carbons (Fsp3) is 0.300. The summed E-state index contributed by atoms with van der Waals surface area (Å²) in [6.07, 6.45) is 3.47. The number of benzene rings is 1. The van der Waals surface area contributed by atoms with Crippen molar-refractivity contribution in [2.24, 2.45) is 7.05 Å². The lowest BCUT2D eigenvalue weighted by Crippen LogP contribution is -2.50. The normalized spacial score (nSPS) is 14.2. The van der Waals surface area contributed by atoms with Crippen LogP contribution in [0.4, 0.5) is 16.6 Å². The second-order valence-electron chi connectivity index (χ2n) is 6.75. The SMILES string of the molecule is Cc1nn(C)c(NC(=O)N2CCN(c3ncccn3)CC2)c1-c1ccccc1. The van der Waals surface area contributed by atoms with Crippen molar-refractivity contribution in [3.05, 3.63) is 54.5 Å². The van der Waals surface area contributed by atoms with Gasteiger partial charge in [0, 0.05) is 51.2 Å². The molecule has 0 spiro atoms. The van der Waals surface area contributed by atoms with E-state index in [1.807, 2.05) is 49.2 Å². The molecule has 0 saturated carbocycles. The van der Waals surface area contributed by atoms with Gasteiger partial charge >= 0.3 is 6.03 Å². The maximum absolute atomic E-state index is 12.9. The predicted molar refractivity (Wildman–Crippen MR) is 108 cm³/mol. The summed E-state index contributed by atoms with van der Waals surface area (Å²) in [5, 5.41) is 7.56. The van der Waals surface area contributed by atoms with Crippen LogP contribution in [0.5, 0.6) is 0 Å². The van der Waals surface area contributed by atoms with Crippen LogP contribution in [0.15, 0.2) is 48.8 Å². The van der Waals surface area contributed by atoms with Gasteiger partial charge in [-0.05, 0) is 18.6 Å². The van der Waals surface area contributed by atoms with E-state index in [1.165, 1.54) is 0 Å². The number of urea groups is 1. The van der Waals surface area contributed by atoms with Crippen molar-refractivity contribution in [1.82, 2.24) is 24.6 Å². The van der Waals surface area contributed by atoms with Crippen molar-refractivity contribution in [2.45, 2.75) is 6.92 Å². The summed E-state index contributed by atoms with van der Waals surface area (Å²) in [7, 11) is 1.85. The second-order valence-corrected chi connectivity index (χ2v) is 6.75. The van der Waals surface area contributed by atoms with Crippen molar-refractivity contribution >= 4 is 17.8 Å². The minimum atomic E-state index is -0.117. The molecule has 1 N–H and O–H groups in total. The summed E-state index contributed by atoms with van der Waals surface area (Å²) in [6.45, 7) is 4.58. The Morgan fingerprint density at radius 2 is 1.68 bits per heavy atom. The predicted octanol–water partition coefficient (Wildman–Crippen LogP) is 2.54. The monoisotopic (exact) mass is 377 g/mol. The first kappa shape index (κ1) is 18.0. The van der Waals surface area contributed by atoms with Gasteiger partial charge in [0.05, 0.1) is 5.69 Å². The van der Waals surface area contributed by atoms with Crippen molar-refractivity contribution in [3.8, 4) is 11.1 Å². The highest BCUT2D eigenvalue weighted by atomic mass is 16.2. The van der Waals surface area contributed by atoms with Crippen molar-refractivity contribution in [2.75, 3.05) is 36.4 Å². The van der Waals surface area contributed by atoms with Gasteiger partial charge in [-0.2, -0.15) is 5.10 Å². The molecule has 1 aromatic carbocycles. The molecule has 1 aliphatic rings. The third-order valence-corrected chi connectivity index (χ3v) is 4.91. The zero-order valence-electron chi connectivity index (χ0n) is 16.0. The maximum Gasteiger partial charge on any atom is 0.323 e. The Morgan fingerprint density at radius 3 is 2.36 bits per heavy atom. The average Bonchev–Trinajstić information content (AvgIpc) is 3.02. The molecule has 3 heterocycles. The number of nitrogens with zero attached hydrogens (tertiary/aromatic N) is 6. The van der Waals surface area contributed by atoms with E-state index in [-0.39, 0.29) is 6.03 Å². The Hall–Kier alpha value is -3.42. The third-order valence-electron chi connectivity index (χ3n) is 4.91. The fourth-order valence-corrected chi connectivity index (χ4v) is 3.50. The van der Waals surface area contributed by atoms with Crippen LogP contribution in [0, 0.1) is 6.92 Å². The Labute approximate surface area is 163 Å². The smallest absolute Gasteiger partial charge is 0.323 e. The van der Waals surface area contributed by atoms with Crippen LogP contribution >= 0.6 is 0 Å². The number of aromatic nitrogens is 4. The summed E-state index contributed by atoms with van der Waals surface area (Å²) in [6, 6.07) is 11.7. The van der Waals surface area contributed by atoms with Crippen molar-refractivity contribution < 1.29 is 4.79 Å². The molecule has 8 heteroatoms. The Kier molecular flexibility index (Phi) is 4.92. The molecule has 2 aromatic heterocycles. The van der Waals surface area contributed by atoms with Gasteiger partial charge in [-0.25, -0.2) is 14.8 Å². The molecule has 1 aliphatic heterocycles. The quantitative estimate of drug-likeness (QED) is 0.759. The third kappa shape index (κ3) is 3.53.